The van der Waals surface area contributed by atoms with Crippen molar-refractivity contribution in [1.29, 1.82) is 0 Å². The molecular formula is C14H17NO3. The van der Waals surface area contributed by atoms with Crippen molar-refractivity contribution in [3.8, 4) is 5.75 Å². The summed E-state index contributed by atoms with van der Waals surface area (Å²) in [5, 5.41) is 0. The van der Waals surface area contributed by atoms with Gasteiger partial charge in [-0.05, 0) is 30.2 Å². The zero-order valence-corrected chi connectivity index (χ0v) is 10.8. The van der Waals surface area contributed by atoms with E-state index in [1.54, 1.807) is 36.3 Å². The summed E-state index contributed by atoms with van der Waals surface area (Å²) in [5.41, 5.74) is 0.745. The molecule has 0 N–H and O–H groups in total. The zero-order valence-electron chi connectivity index (χ0n) is 10.8. The normalized spacial score (nSPS) is 22.9. The maximum Gasteiger partial charge on any atom is 0.233 e. The molecule has 0 bridgehead atoms. The first-order valence-corrected chi connectivity index (χ1v) is 6.02. The number of hydrogen-bond acceptors (Lipinski definition) is 3. The molecule has 1 heterocycles. The Kier molecular flexibility index (Phi) is 3.36. The lowest BCUT2D eigenvalue weighted by Gasteiger charge is -2.46. The van der Waals surface area contributed by atoms with Crippen LogP contribution in [-0.2, 0) is 9.59 Å². The van der Waals surface area contributed by atoms with E-state index in [2.05, 4.69) is 0 Å². The van der Waals surface area contributed by atoms with Gasteiger partial charge in [-0.1, -0.05) is 13.8 Å². The Hall–Kier alpha value is -1.84. The van der Waals surface area contributed by atoms with Gasteiger partial charge in [0.2, 0.25) is 5.91 Å². The van der Waals surface area contributed by atoms with E-state index in [4.69, 9.17) is 4.74 Å². The molecule has 0 radical (unpaired) electrons. The molecule has 0 unspecified atom stereocenters. The van der Waals surface area contributed by atoms with Gasteiger partial charge in [-0.15, -0.1) is 0 Å². The topological polar surface area (TPSA) is 46.6 Å². The number of β-lactam (4-membered cyclic amide) rings is 1. The van der Waals surface area contributed by atoms with E-state index >= 15 is 0 Å². The number of aldehydes is 1. The van der Waals surface area contributed by atoms with E-state index in [1.165, 1.54) is 0 Å². The number of carbonyl (C=O) groups excluding carboxylic acids is 2. The Morgan fingerprint density at radius 2 is 1.89 bits per heavy atom. The quantitative estimate of drug-likeness (QED) is 0.603. The highest BCUT2D eigenvalue weighted by Crippen LogP contribution is 2.36. The van der Waals surface area contributed by atoms with Gasteiger partial charge in [0.05, 0.1) is 13.0 Å². The van der Waals surface area contributed by atoms with Crippen LogP contribution >= 0.6 is 0 Å². The number of benzene rings is 1. The molecule has 0 saturated carbocycles. The van der Waals surface area contributed by atoms with Gasteiger partial charge in [0, 0.05) is 5.69 Å². The van der Waals surface area contributed by atoms with Crippen LogP contribution in [0.2, 0.25) is 0 Å². The molecule has 0 aromatic heterocycles. The molecule has 0 spiro atoms. The number of carbonyl (C=O) groups is 2. The van der Waals surface area contributed by atoms with Gasteiger partial charge in [-0.3, -0.25) is 4.79 Å². The van der Waals surface area contributed by atoms with E-state index in [9.17, 15) is 9.59 Å². The summed E-state index contributed by atoms with van der Waals surface area (Å²) in [7, 11) is 1.59. The minimum absolute atomic E-state index is 0.0206. The van der Waals surface area contributed by atoms with E-state index in [0.29, 0.717) is 0 Å². The van der Waals surface area contributed by atoms with Crippen LogP contribution in [0.15, 0.2) is 24.3 Å². The molecule has 96 valence electrons. The zero-order chi connectivity index (χ0) is 13.3. The fourth-order valence-corrected chi connectivity index (χ4v) is 2.40. The van der Waals surface area contributed by atoms with Crippen LogP contribution in [0, 0.1) is 11.8 Å². The lowest BCUT2D eigenvalue weighted by molar-refractivity contribution is -0.135. The van der Waals surface area contributed by atoms with E-state index in [-0.39, 0.29) is 23.8 Å². The van der Waals surface area contributed by atoms with Crippen molar-refractivity contribution in [2.45, 2.75) is 19.9 Å². The minimum atomic E-state index is -0.342. The molecule has 0 aliphatic carbocycles. The molecule has 2 rings (SSSR count). The Bertz CT molecular complexity index is 453. The van der Waals surface area contributed by atoms with E-state index < -0.39 is 0 Å². The summed E-state index contributed by atoms with van der Waals surface area (Å²) in [6.07, 6.45) is 0.857. The van der Waals surface area contributed by atoms with Gasteiger partial charge in [0.15, 0.2) is 0 Å². The summed E-state index contributed by atoms with van der Waals surface area (Å²) in [6.45, 7) is 3.93. The SMILES string of the molecule is COc1ccc(N2C(=O)[C@H](C(C)C)[C@@H]2C=O)cc1. The van der Waals surface area contributed by atoms with Crippen LogP contribution in [0.25, 0.3) is 0 Å². The molecule has 1 saturated heterocycles. The standard InChI is InChI=1S/C14H17NO3/c1-9(2)13-12(8-16)15(14(13)17)10-4-6-11(18-3)7-5-10/h4-9,12-13H,1-3H3/t12-,13+/m0/s1. The van der Waals surface area contributed by atoms with Crippen molar-refractivity contribution in [2.24, 2.45) is 11.8 Å². The summed E-state index contributed by atoms with van der Waals surface area (Å²) >= 11 is 0. The van der Waals surface area contributed by atoms with Gasteiger partial charge in [-0.25, -0.2) is 0 Å². The highest BCUT2D eigenvalue weighted by molar-refractivity contribution is 6.08. The predicted octanol–water partition coefficient (Wildman–Crippen LogP) is 1.88. The number of methoxy groups -OCH3 is 1. The van der Waals surface area contributed by atoms with Crippen molar-refractivity contribution in [2.75, 3.05) is 12.0 Å². The highest BCUT2D eigenvalue weighted by atomic mass is 16.5. The largest absolute Gasteiger partial charge is 0.497 e. The van der Waals surface area contributed by atoms with Crippen LogP contribution in [-0.4, -0.2) is 25.3 Å². The Morgan fingerprint density at radius 1 is 1.28 bits per heavy atom. The fraction of sp³-hybridized carbons (Fsp3) is 0.429. The molecule has 1 aliphatic heterocycles. The van der Waals surface area contributed by atoms with Crippen LogP contribution in [0.3, 0.4) is 0 Å². The van der Waals surface area contributed by atoms with Crippen molar-refractivity contribution in [1.82, 2.24) is 0 Å². The van der Waals surface area contributed by atoms with Crippen LogP contribution in [0.5, 0.6) is 5.75 Å². The molecule has 1 fully saturated rings. The number of rotatable bonds is 4. The summed E-state index contributed by atoms with van der Waals surface area (Å²) < 4.78 is 5.07. The number of nitrogens with zero attached hydrogens (tertiary/aromatic N) is 1. The average Bonchev–Trinajstić information content (AvgIpc) is 2.36. The monoisotopic (exact) mass is 247 g/mol. The molecule has 1 aromatic carbocycles. The Labute approximate surface area is 107 Å². The molecule has 18 heavy (non-hydrogen) atoms. The predicted molar refractivity (Wildman–Crippen MR) is 68.7 cm³/mol. The maximum absolute atomic E-state index is 12.1. The van der Waals surface area contributed by atoms with Gasteiger partial charge < -0.3 is 14.4 Å². The summed E-state index contributed by atoms with van der Waals surface area (Å²) in [4.78, 5) is 24.8. The van der Waals surface area contributed by atoms with Crippen molar-refractivity contribution in [3.05, 3.63) is 24.3 Å². The third kappa shape index (κ3) is 1.88. The first-order chi connectivity index (χ1) is 8.60. The maximum atomic E-state index is 12.1. The van der Waals surface area contributed by atoms with Crippen molar-refractivity contribution in [3.63, 3.8) is 0 Å². The first kappa shape index (κ1) is 12.6. The van der Waals surface area contributed by atoms with Gasteiger partial charge >= 0.3 is 0 Å². The van der Waals surface area contributed by atoms with Gasteiger partial charge in [0.1, 0.15) is 18.1 Å². The van der Waals surface area contributed by atoms with Crippen molar-refractivity contribution >= 4 is 17.9 Å². The number of hydrogen-bond donors (Lipinski definition) is 0. The summed E-state index contributed by atoms with van der Waals surface area (Å²) in [6, 6.07) is 6.82. The molecule has 4 heteroatoms. The molecular weight excluding hydrogens is 230 g/mol. The first-order valence-electron chi connectivity index (χ1n) is 6.02. The summed E-state index contributed by atoms with van der Waals surface area (Å²) in [5.74, 6) is 0.744. The Balaban J connectivity index is 2.23. The number of ether oxygens (including phenoxy) is 1. The van der Waals surface area contributed by atoms with Gasteiger partial charge in [-0.2, -0.15) is 0 Å². The third-order valence-corrected chi connectivity index (χ3v) is 3.40. The minimum Gasteiger partial charge on any atom is -0.497 e. The van der Waals surface area contributed by atoms with E-state index in [0.717, 1.165) is 17.7 Å². The highest BCUT2D eigenvalue weighted by Gasteiger charge is 2.49. The van der Waals surface area contributed by atoms with Crippen LogP contribution in [0.1, 0.15) is 13.8 Å². The molecule has 4 nitrogen and oxygen atoms in total. The lowest BCUT2D eigenvalue weighted by Crippen LogP contribution is -2.63. The average molecular weight is 247 g/mol. The molecule has 1 aliphatic rings. The smallest absolute Gasteiger partial charge is 0.233 e. The second-order valence-electron chi connectivity index (χ2n) is 4.80. The molecule has 1 amide bonds. The van der Waals surface area contributed by atoms with Crippen molar-refractivity contribution < 1.29 is 14.3 Å². The lowest BCUT2D eigenvalue weighted by atomic mass is 9.79. The second kappa shape index (κ2) is 4.80. The molecule has 1 aromatic rings. The van der Waals surface area contributed by atoms with Crippen LogP contribution in [0.4, 0.5) is 5.69 Å². The Morgan fingerprint density at radius 3 is 2.33 bits per heavy atom. The number of amides is 1. The van der Waals surface area contributed by atoms with E-state index in [1.807, 2.05) is 13.8 Å². The third-order valence-electron chi connectivity index (χ3n) is 3.40. The fourth-order valence-electron chi connectivity index (χ4n) is 2.40. The number of anilines is 1. The van der Waals surface area contributed by atoms with Gasteiger partial charge in [0.25, 0.3) is 0 Å². The van der Waals surface area contributed by atoms with Crippen LogP contribution < -0.4 is 9.64 Å². The second-order valence-corrected chi connectivity index (χ2v) is 4.80. The molecule has 2 atom stereocenters.